The van der Waals surface area contributed by atoms with Crippen LogP contribution in [0.1, 0.15) is 117 Å². The zero-order valence-corrected chi connectivity index (χ0v) is 76.4. The van der Waals surface area contributed by atoms with E-state index in [1.165, 1.54) is 77.8 Å². The summed E-state index contributed by atoms with van der Waals surface area (Å²) in [5.74, 6) is -1.51. The highest BCUT2D eigenvalue weighted by atomic mass is 35.5. The molecule has 9 fully saturated rings. The van der Waals surface area contributed by atoms with E-state index in [1.807, 2.05) is 107 Å². The lowest BCUT2D eigenvalue weighted by atomic mass is 9.44. The number of aliphatic hydroxyl groups is 4. The monoisotopic (exact) mass is 1840 g/mol. The van der Waals surface area contributed by atoms with Crippen molar-refractivity contribution in [3.63, 3.8) is 0 Å². The predicted octanol–water partition coefficient (Wildman–Crippen LogP) is 13.4. The third-order valence-electron chi connectivity index (χ3n) is 27.3. The summed E-state index contributed by atoms with van der Waals surface area (Å²) in [5, 5.41) is 78.0. The largest absolute Gasteiger partial charge is 0.490 e. The van der Waals surface area contributed by atoms with E-state index in [0.717, 1.165) is 92.6 Å². The fourth-order valence-corrected chi connectivity index (χ4v) is 22.4. The number of Topliss-reactive ketones (excluding diaryl/α,β-unsaturated/α-hetero) is 1. The van der Waals surface area contributed by atoms with Gasteiger partial charge in [-0.3, -0.25) is 24.6 Å². The maximum atomic E-state index is 17.4. The predicted molar refractivity (Wildman–Crippen MR) is 484 cm³/mol. The number of hydrogen-bond donors (Lipinski definition) is 4. The Kier molecular flexibility index (Phi) is 27.2. The van der Waals surface area contributed by atoms with Crippen LogP contribution in [-0.4, -0.2) is 252 Å². The Morgan fingerprint density at radius 2 is 1.51 bits per heavy atom. The number of thioether (sulfide) groups is 1. The fraction of sp³-hybridized carbons (Fsp3) is 0.510. The molecule has 0 spiro atoms. The second kappa shape index (κ2) is 38.2. The molecule has 4 aliphatic carbocycles. The number of ketones is 2. The Labute approximate surface area is 767 Å². The van der Waals surface area contributed by atoms with Crippen molar-refractivity contribution < 1.29 is 91.2 Å². The Hall–Kier alpha value is -9.01. The van der Waals surface area contributed by atoms with E-state index in [1.54, 1.807) is 54.9 Å². The van der Waals surface area contributed by atoms with Gasteiger partial charge in [0, 0.05) is 101 Å². The molecule has 8 aliphatic heterocycles. The highest BCUT2D eigenvalue weighted by Crippen LogP contribution is 2.73. The minimum absolute atomic E-state index is 0.0220. The van der Waals surface area contributed by atoms with E-state index in [-0.39, 0.29) is 42.3 Å². The Balaban J connectivity index is 0.000000116. The van der Waals surface area contributed by atoms with Crippen molar-refractivity contribution in [2.45, 2.75) is 196 Å². The molecule has 692 valence electrons. The first kappa shape index (κ1) is 92.8. The second-order valence-corrected chi connectivity index (χ2v) is 38.8. The van der Waals surface area contributed by atoms with Crippen molar-refractivity contribution in [3.05, 3.63) is 213 Å². The lowest BCUT2D eigenvalue weighted by Crippen LogP contribution is -2.70. The molecule has 11 heterocycles. The third kappa shape index (κ3) is 18.8. The van der Waals surface area contributed by atoms with Crippen molar-refractivity contribution >= 4 is 85.6 Å². The number of benzene rings is 6. The number of carbonyl (C=O) groups is 2. The third-order valence-corrected chi connectivity index (χ3v) is 28.8. The molecule has 6 saturated heterocycles. The number of aliphatic hydroxyl groups excluding tert-OH is 4. The number of hydrogen-bond acceptors (Lipinski definition) is 28. The SMILES string of the molecule is CC1(C)OCC(C2OC(On3nnc4ccc(Cl)cc43)C3OC(C)(C)OC23)O1.CC1(c2ccccc2)O[C@@H]2C[C@H]3[C@@H]4CCC5=CC(=O)C=C[C@]5(C)[C@@]4(F)[C@@H](O)C[C@]3(C)[C@]2(C(=O)CO)O1.CC1CCCN(CC(O)CN2CCCc3ccccc32)C1.O=[N+]([O-])c1ccc(C2=Nn3c(nnc3-c3ccc(Cl)cc3)SC2)o1.OC(COc1cccc2ccccc12)CN1CCOCC1. The Morgan fingerprint density at radius 1 is 0.762 bits per heavy atom. The molecule has 0 radical (unpaired) electrons. The molecule has 6 aromatic carbocycles. The summed E-state index contributed by atoms with van der Waals surface area (Å²) in [4.78, 5) is 50.1. The highest BCUT2D eigenvalue weighted by molar-refractivity contribution is 7.99. The molecule has 0 amide bonds. The number of halogens is 3. The van der Waals surface area contributed by atoms with Crippen molar-refractivity contribution in [2.24, 2.45) is 33.7 Å². The molecule has 34 heteroatoms. The molecule has 30 nitrogen and oxygen atoms in total. The quantitative estimate of drug-likeness (QED) is 0.0458. The van der Waals surface area contributed by atoms with Gasteiger partial charge in [-0.15, -0.1) is 15.3 Å². The van der Waals surface area contributed by atoms with Crippen LogP contribution in [-0.2, 0) is 59.7 Å². The van der Waals surface area contributed by atoms with Crippen LogP contribution in [0.4, 0.5) is 16.0 Å². The van der Waals surface area contributed by atoms with Crippen LogP contribution >= 0.6 is 35.0 Å². The molecule has 12 aliphatic rings. The number of para-hydroxylation sites is 1. The van der Waals surface area contributed by atoms with Gasteiger partial charge in [0.2, 0.25) is 5.16 Å². The van der Waals surface area contributed by atoms with Crippen molar-refractivity contribution in [2.75, 3.05) is 96.0 Å². The number of anilines is 1. The number of likely N-dealkylation sites (tertiary alicyclic amines) is 1. The maximum Gasteiger partial charge on any atom is 0.433 e. The van der Waals surface area contributed by atoms with E-state index in [0.29, 0.717) is 93.9 Å². The minimum atomic E-state index is -2.01. The number of ether oxygens (including phenoxy) is 9. The number of nitrogens with zero attached hydrogens (tertiary/aromatic N) is 11. The standard InChI is InChI=1S/C29H33FO6.C18H22ClN3O6.C18H28N2O.C17H21NO3.C14H8ClN5O3S/c1-25-12-11-19(32)13-18(25)9-10-20-21-14-24-29(23(34)16-31,26(21,2)15-22(33)28(20,25)30)36-27(3,35-24)17-7-5-4-6-8-17;1-17(2)23-8-12(25-17)13-14-15(27-18(3,4)26-14)16(24-13)28-22-11-7-9(19)5-6-10(11)20-21-22;1-15-6-4-10-19(12-15)13-17(21)14-20-11-5-8-16-7-2-3-9-18(16)20;19-15(12-18-8-10-20-11-9-18)13-21-17-7-3-5-14-4-1-2-6-16(14)17;15-9-3-1-8(2-4-9)13-16-17-14-19(13)18-10(7-24-14)11-5-6-12(23-11)20(21)22/h4-8,11-13,20-22,24,31,33H,9-10,14-16H2,1-3H3;5-7,12-16H,8H2,1-4H3;2-3,7,9,15,17,21H,4-6,8,10-14H2,1H3;1-7,15,19H,8-13H2;1-6H,7H2/t20-,21-,22-,24+,25-,26-,27?,28-,29+;;;;/m0..../s1. The van der Waals surface area contributed by atoms with E-state index >= 15 is 4.39 Å². The van der Waals surface area contributed by atoms with Gasteiger partial charge in [0.25, 0.3) is 6.29 Å². The van der Waals surface area contributed by atoms with Gasteiger partial charge < -0.3 is 82.1 Å². The first-order valence-corrected chi connectivity index (χ1v) is 46.5. The molecule has 9 unspecified atom stereocenters. The average Bonchev–Trinajstić information content (AvgIpc) is 1.49. The summed E-state index contributed by atoms with van der Waals surface area (Å²) in [5.41, 5.74) is 1.30. The summed E-state index contributed by atoms with van der Waals surface area (Å²) in [6.45, 7) is 24.0. The van der Waals surface area contributed by atoms with E-state index < -0.39 is 99.5 Å². The zero-order chi connectivity index (χ0) is 91.2. The number of alkyl halides is 1. The van der Waals surface area contributed by atoms with Crippen LogP contribution in [0.2, 0.25) is 10.0 Å². The summed E-state index contributed by atoms with van der Waals surface area (Å²) in [6, 6.07) is 47.4. The van der Waals surface area contributed by atoms with Gasteiger partial charge in [0.05, 0.1) is 44.2 Å². The second-order valence-electron chi connectivity index (χ2n) is 37.0. The number of nitro groups is 1. The summed E-state index contributed by atoms with van der Waals surface area (Å²) in [7, 11) is 0. The van der Waals surface area contributed by atoms with Crippen LogP contribution in [0, 0.1) is 38.7 Å². The number of morpholine rings is 1. The van der Waals surface area contributed by atoms with E-state index in [2.05, 4.69) is 83.6 Å². The van der Waals surface area contributed by atoms with Crippen LogP contribution in [0.15, 0.2) is 190 Å². The van der Waals surface area contributed by atoms with Crippen molar-refractivity contribution in [1.29, 1.82) is 0 Å². The lowest BCUT2D eigenvalue weighted by molar-refractivity contribution is -0.402. The molecule has 4 N–H and O–H groups in total. The topological polar surface area (TPSA) is 347 Å². The molecule has 3 aromatic heterocycles. The number of carbonyl (C=O) groups excluding carboxylic acids is 2. The van der Waals surface area contributed by atoms with E-state index in [9.17, 15) is 40.1 Å². The molecule has 0 bridgehead atoms. The Bertz CT molecular complexity index is 5660. The van der Waals surface area contributed by atoms with E-state index in [4.69, 9.17) is 75.1 Å². The van der Waals surface area contributed by atoms with Gasteiger partial charge >= 0.3 is 5.88 Å². The first-order chi connectivity index (χ1) is 62.3. The number of rotatable bonds is 18. The van der Waals surface area contributed by atoms with Gasteiger partial charge in [-0.25, -0.2) is 4.39 Å². The average molecular weight is 1850 g/mol. The van der Waals surface area contributed by atoms with Crippen molar-refractivity contribution in [3.8, 4) is 17.1 Å². The maximum absolute atomic E-state index is 17.4. The van der Waals surface area contributed by atoms with Gasteiger partial charge in [-0.05, 0) is 200 Å². The molecule has 21 rings (SSSR count). The zero-order valence-electron chi connectivity index (χ0n) is 74.0. The molecule has 130 heavy (non-hydrogen) atoms. The number of aryl methyl sites for hydroxylation is 1. The summed E-state index contributed by atoms with van der Waals surface area (Å²) < 4.78 is 78.5. The van der Waals surface area contributed by atoms with Crippen LogP contribution in [0.25, 0.3) is 33.2 Å². The normalized spacial score (nSPS) is 30.7. The van der Waals surface area contributed by atoms with Crippen LogP contribution in [0.5, 0.6) is 5.75 Å². The summed E-state index contributed by atoms with van der Waals surface area (Å²) >= 11 is 13.4. The smallest absolute Gasteiger partial charge is 0.433 e. The minimum Gasteiger partial charge on any atom is -0.490 e. The molecular weight excluding hydrogens is 1730 g/mol. The highest BCUT2D eigenvalue weighted by Gasteiger charge is 2.80. The Morgan fingerprint density at radius 3 is 2.27 bits per heavy atom. The number of aromatic nitrogens is 6. The molecule has 9 aromatic rings. The number of fused-ring (bicyclic) bond motifs is 12. The van der Waals surface area contributed by atoms with Gasteiger partial charge in [-0.1, -0.05) is 150 Å². The van der Waals surface area contributed by atoms with Crippen molar-refractivity contribution in [1.82, 2.24) is 39.8 Å². The van der Waals surface area contributed by atoms with Gasteiger partial charge in [0.15, 0.2) is 57.9 Å². The van der Waals surface area contributed by atoms with Crippen LogP contribution < -0.4 is 14.5 Å². The molecule has 17 atom stereocenters. The molecule has 3 saturated carbocycles. The van der Waals surface area contributed by atoms with Gasteiger partial charge in [0.1, 0.15) is 65.0 Å². The van der Waals surface area contributed by atoms with Crippen LogP contribution in [0.3, 0.4) is 0 Å². The molecular formula is C96H112Cl2FN11O19S. The van der Waals surface area contributed by atoms with Gasteiger partial charge in [-0.2, -0.15) is 9.78 Å². The number of piperidine rings is 1. The lowest BCUT2D eigenvalue weighted by Gasteiger charge is -2.62. The number of allylic oxidation sites excluding steroid dienone is 4. The fourth-order valence-electron chi connectivity index (χ4n) is 21.3. The number of β-amino-alcohol motifs (C(OH)–C–C–N with tert-alkyl or cyclic N) is 2. The summed E-state index contributed by atoms with van der Waals surface area (Å²) in [6.07, 6.45) is 5.76. The number of furan rings is 1. The first-order valence-electron chi connectivity index (χ1n) is 44.7.